The predicted octanol–water partition coefficient (Wildman–Crippen LogP) is 3.15. The fraction of sp³-hybridized carbons (Fsp3) is 0.583. The predicted molar refractivity (Wildman–Crippen MR) is 80.1 cm³/mol. The van der Waals surface area contributed by atoms with Crippen LogP contribution in [0.2, 0.25) is 0 Å². The Bertz CT molecular complexity index is 404. The SMILES string of the molecule is CC(C)(CCCNCc1ccc(Br)s1)C(N)=NO. The molecule has 0 radical (unpaired) electrons. The number of amidine groups is 1. The van der Waals surface area contributed by atoms with Gasteiger partial charge in [0.1, 0.15) is 5.84 Å². The maximum absolute atomic E-state index is 8.67. The molecule has 1 aromatic rings. The molecule has 0 fully saturated rings. The fourth-order valence-corrected chi connectivity index (χ4v) is 3.03. The molecule has 0 spiro atoms. The number of hydrogen-bond acceptors (Lipinski definition) is 4. The monoisotopic (exact) mass is 333 g/mol. The summed E-state index contributed by atoms with van der Waals surface area (Å²) in [5.74, 6) is 0.296. The van der Waals surface area contributed by atoms with E-state index in [4.69, 9.17) is 10.9 Å². The van der Waals surface area contributed by atoms with E-state index in [1.54, 1.807) is 11.3 Å². The third kappa shape index (κ3) is 4.96. The molecule has 0 aliphatic rings. The Labute approximate surface area is 120 Å². The lowest BCUT2D eigenvalue weighted by atomic mass is 9.86. The van der Waals surface area contributed by atoms with Crippen molar-refractivity contribution in [2.75, 3.05) is 6.54 Å². The highest BCUT2D eigenvalue weighted by Gasteiger charge is 2.22. The minimum absolute atomic E-state index is 0.248. The summed E-state index contributed by atoms with van der Waals surface area (Å²) in [6.07, 6.45) is 1.89. The molecule has 0 aliphatic carbocycles. The van der Waals surface area contributed by atoms with Crippen LogP contribution in [-0.4, -0.2) is 17.6 Å². The van der Waals surface area contributed by atoms with Crippen molar-refractivity contribution in [2.24, 2.45) is 16.3 Å². The lowest BCUT2D eigenvalue weighted by Gasteiger charge is -2.22. The lowest BCUT2D eigenvalue weighted by Crippen LogP contribution is -2.32. The number of nitrogens with zero attached hydrogens (tertiary/aromatic N) is 1. The van der Waals surface area contributed by atoms with Crippen molar-refractivity contribution < 1.29 is 5.21 Å². The largest absolute Gasteiger partial charge is 0.409 e. The number of halogens is 1. The molecule has 0 aromatic carbocycles. The van der Waals surface area contributed by atoms with Crippen LogP contribution >= 0.6 is 27.3 Å². The van der Waals surface area contributed by atoms with E-state index in [-0.39, 0.29) is 5.41 Å². The second-order valence-corrected chi connectivity index (χ2v) is 7.40. The van der Waals surface area contributed by atoms with Crippen molar-refractivity contribution in [3.63, 3.8) is 0 Å². The van der Waals surface area contributed by atoms with Crippen molar-refractivity contribution in [3.05, 3.63) is 20.8 Å². The van der Waals surface area contributed by atoms with E-state index in [1.807, 2.05) is 13.8 Å². The topological polar surface area (TPSA) is 70.6 Å². The normalized spacial score (nSPS) is 12.9. The maximum Gasteiger partial charge on any atom is 0.144 e. The van der Waals surface area contributed by atoms with Crippen LogP contribution in [0.25, 0.3) is 0 Å². The molecule has 0 atom stereocenters. The first-order valence-corrected chi connectivity index (χ1v) is 7.49. The minimum Gasteiger partial charge on any atom is -0.409 e. The molecule has 4 nitrogen and oxygen atoms in total. The summed E-state index contributed by atoms with van der Waals surface area (Å²) in [6, 6.07) is 4.17. The summed E-state index contributed by atoms with van der Waals surface area (Å²) in [7, 11) is 0. The molecule has 1 aromatic heterocycles. The number of oxime groups is 1. The zero-order valence-electron chi connectivity index (χ0n) is 10.7. The highest BCUT2D eigenvalue weighted by molar-refractivity contribution is 9.11. The molecule has 1 rings (SSSR count). The minimum atomic E-state index is -0.248. The van der Waals surface area contributed by atoms with E-state index in [0.29, 0.717) is 5.84 Å². The van der Waals surface area contributed by atoms with Gasteiger partial charge in [-0.25, -0.2) is 0 Å². The Morgan fingerprint density at radius 3 is 2.83 bits per heavy atom. The first kappa shape index (κ1) is 15.5. The molecule has 0 bridgehead atoms. The molecule has 0 aliphatic heterocycles. The summed E-state index contributed by atoms with van der Waals surface area (Å²) >= 11 is 5.19. The zero-order valence-corrected chi connectivity index (χ0v) is 13.1. The van der Waals surface area contributed by atoms with Gasteiger partial charge in [0.05, 0.1) is 3.79 Å². The number of nitrogens with two attached hydrogens (primary N) is 1. The van der Waals surface area contributed by atoms with E-state index in [1.165, 1.54) is 4.88 Å². The van der Waals surface area contributed by atoms with Crippen LogP contribution in [0, 0.1) is 5.41 Å². The molecule has 18 heavy (non-hydrogen) atoms. The van der Waals surface area contributed by atoms with Crippen molar-refractivity contribution in [1.29, 1.82) is 0 Å². The summed E-state index contributed by atoms with van der Waals surface area (Å²) in [6.45, 7) is 5.79. The van der Waals surface area contributed by atoms with E-state index in [9.17, 15) is 0 Å². The van der Waals surface area contributed by atoms with Crippen LogP contribution in [0.5, 0.6) is 0 Å². The van der Waals surface area contributed by atoms with E-state index >= 15 is 0 Å². The third-order valence-electron chi connectivity index (χ3n) is 2.88. The van der Waals surface area contributed by atoms with Gasteiger partial charge in [0, 0.05) is 16.8 Å². The van der Waals surface area contributed by atoms with Gasteiger partial charge in [-0.3, -0.25) is 0 Å². The second-order valence-electron chi connectivity index (χ2n) is 4.86. The molecular weight excluding hydrogens is 314 g/mol. The van der Waals surface area contributed by atoms with Gasteiger partial charge in [-0.05, 0) is 47.4 Å². The molecule has 4 N–H and O–H groups in total. The van der Waals surface area contributed by atoms with Gasteiger partial charge in [0.2, 0.25) is 0 Å². The highest BCUT2D eigenvalue weighted by atomic mass is 79.9. The Kier molecular flexibility index (Phi) is 6.11. The average Bonchev–Trinajstić information content (AvgIpc) is 2.73. The molecule has 0 amide bonds. The Hall–Kier alpha value is -0.590. The summed E-state index contributed by atoms with van der Waals surface area (Å²) < 4.78 is 1.16. The van der Waals surface area contributed by atoms with Crippen LogP contribution < -0.4 is 11.1 Å². The van der Waals surface area contributed by atoms with Gasteiger partial charge in [0.25, 0.3) is 0 Å². The van der Waals surface area contributed by atoms with Crippen LogP contribution in [0.1, 0.15) is 31.6 Å². The van der Waals surface area contributed by atoms with Gasteiger partial charge < -0.3 is 16.3 Å². The Balaban J connectivity index is 2.19. The second kappa shape index (κ2) is 7.11. The van der Waals surface area contributed by atoms with Crippen LogP contribution in [0.3, 0.4) is 0 Å². The Morgan fingerprint density at radius 2 is 2.28 bits per heavy atom. The first-order chi connectivity index (χ1) is 8.45. The molecule has 6 heteroatoms. The summed E-state index contributed by atoms with van der Waals surface area (Å²) in [5.41, 5.74) is 5.39. The van der Waals surface area contributed by atoms with Crippen molar-refractivity contribution in [2.45, 2.75) is 33.2 Å². The first-order valence-electron chi connectivity index (χ1n) is 5.88. The lowest BCUT2D eigenvalue weighted by molar-refractivity contribution is 0.304. The fourth-order valence-electron chi connectivity index (χ4n) is 1.58. The smallest absolute Gasteiger partial charge is 0.144 e. The van der Waals surface area contributed by atoms with Gasteiger partial charge in [-0.2, -0.15) is 0 Å². The third-order valence-corrected chi connectivity index (χ3v) is 4.51. The van der Waals surface area contributed by atoms with Crippen LogP contribution in [0.15, 0.2) is 21.1 Å². The molecule has 0 saturated heterocycles. The van der Waals surface area contributed by atoms with Gasteiger partial charge in [-0.15, -0.1) is 11.3 Å². The number of thiophene rings is 1. The molecule has 0 saturated carbocycles. The quantitative estimate of drug-likeness (QED) is 0.236. The molecule has 102 valence electrons. The van der Waals surface area contributed by atoms with Gasteiger partial charge in [0.15, 0.2) is 0 Å². The Morgan fingerprint density at radius 1 is 1.56 bits per heavy atom. The summed E-state index contributed by atoms with van der Waals surface area (Å²) in [4.78, 5) is 1.32. The number of rotatable bonds is 7. The van der Waals surface area contributed by atoms with Crippen molar-refractivity contribution >= 4 is 33.1 Å². The highest BCUT2D eigenvalue weighted by Crippen LogP contribution is 2.23. The van der Waals surface area contributed by atoms with Crippen LogP contribution in [0.4, 0.5) is 0 Å². The van der Waals surface area contributed by atoms with Gasteiger partial charge in [-0.1, -0.05) is 19.0 Å². The molecule has 0 unspecified atom stereocenters. The van der Waals surface area contributed by atoms with Crippen molar-refractivity contribution in [1.82, 2.24) is 5.32 Å². The maximum atomic E-state index is 8.67. The standard InChI is InChI=1S/C12H20BrN3OS/c1-12(2,11(14)16-17)6-3-7-15-8-9-4-5-10(13)18-9/h4-5,15,17H,3,6-8H2,1-2H3,(H2,14,16). The van der Waals surface area contributed by atoms with E-state index in [0.717, 1.165) is 29.7 Å². The number of nitrogens with one attached hydrogen (secondary N) is 1. The van der Waals surface area contributed by atoms with Crippen molar-refractivity contribution in [3.8, 4) is 0 Å². The zero-order chi connectivity index (χ0) is 13.6. The van der Waals surface area contributed by atoms with E-state index in [2.05, 4.69) is 38.5 Å². The van der Waals surface area contributed by atoms with E-state index < -0.39 is 0 Å². The summed E-state index contributed by atoms with van der Waals surface area (Å²) in [5, 5.41) is 15.1. The molecule has 1 heterocycles. The van der Waals surface area contributed by atoms with Crippen LogP contribution in [-0.2, 0) is 6.54 Å². The average molecular weight is 334 g/mol. The number of hydrogen-bond donors (Lipinski definition) is 3. The molecular formula is C12H20BrN3OS. The van der Waals surface area contributed by atoms with Gasteiger partial charge >= 0.3 is 0 Å².